The molecule has 0 aliphatic carbocycles. The van der Waals surface area contributed by atoms with Gasteiger partial charge in [-0.25, -0.2) is 18.0 Å². The van der Waals surface area contributed by atoms with Crippen LogP contribution in [-0.4, -0.2) is 44.1 Å². The third-order valence-electron chi connectivity index (χ3n) is 2.05. The Kier molecular flexibility index (Phi) is 4.93. The number of nitrogens with one attached hydrogen (secondary N) is 2. The zero-order chi connectivity index (χ0) is 14.5. The molecule has 1 heterocycles. The van der Waals surface area contributed by atoms with E-state index in [4.69, 9.17) is 9.52 Å². The molecule has 19 heavy (non-hydrogen) atoms. The molecule has 9 heteroatoms. The van der Waals surface area contributed by atoms with E-state index >= 15 is 0 Å². The second kappa shape index (κ2) is 6.23. The molecule has 0 aliphatic rings. The topological polar surface area (TPSA) is 126 Å². The molecule has 0 spiro atoms. The van der Waals surface area contributed by atoms with Gasteiger partial charge in [0.2, 0.25) is 5.76 Å². The monoisotopic (exact) mass is 290 g/mol. The highest BCUT2D eigenvalue weighted by Gasteiger charge is 2.10. The number of amides is 2. The molecular formula is C10H14N2O6S. The van der Waals surface area contributed by atoms with Crippen molar-refractivity contribution in [3.8, 4) is 0 Å². The van der Waals surface area contributed by atoms with E-state index in [1.54, 1.807) is 0 Å². The molecule has 8 nitrogen and oxygen atoms in total. The van der Waals surface area contributed by atoms with Crippen LogP contribution in [0.25, 0.3) is 0 Å². The fraction of sp³-hybridized carbons (Fsp3) is 0.400. The number of hydrogen-bond donors (Lipinski definition) is 3. The highest BCUT2D eigenvalue weighted by atomic mass is 32.2. The lowest BCUT2D eigenvalue weighted by atomic mass is 10.4. The number of carbonyl (C=O) groups is 2. The summed E-state index contributed by atoms with van der Waals surface area (Å²) in [4.78, 5) is 21.8. The average molecular weight is 290 g/mol. The van der Waals surface area contributed by atoms with Crippen molar-refractivity contribution in [3.05, 3.63) is 23.7 Å². The van der Waals surface area contributed by atoms with Gasteiger partial charge in [-0.1, -0.05) is 0 Å². The minimum absolute atomic E-state index is 0.00317. The number of carboxylic acid groups (broad SMARTS) is 1. The largest absolute Gasteiger partial charge is 0.475 e. The number of furan rings is 1. The van der Waals surface area contributed by atoms with Crippen LogP contribution in [0, 0.1) is 0 Å². The van der Waals surface area contributed by atoms with E-state index in [1.165, 1.54) is 12.1 Å². The van der Waals surface area contributed by atoms with Gasteiger partial charge < -0.3 is 20.2 Å². The maximum absolute atomic E-state index is 11.3. The minimum Gasteiger partial charge on any atom is -0.475 e. The minimum atomic E-state index is -3.12. The first kappa shape index (κ1) is 15.0. The van der Waals surface area contributed by atoms with Crippen LogP contribution in [0.2, 0.25) is 0 Å². The Morgan fingerprint density at radius 3 is 2.53 bits per heavy atom. The van der Waals surface area contributed by atoms with Crippen LogP contribution in [0.1, 0.15) is 16.3 Å². The van der Waals surface area contributed by atoms with E-state index in [-0.39, 0.29) is 30.4 Å². The van der Waals surface area contributed by atoms with Crippen molar-refractivity contribution in [2.24, 2.45) is 0 Å². The van der Waals surface area contributed by atoms with Gasteiger partial charge in [0.05, 0.1) is 12.3 Å². The van der Waals surface area contributed by atoms with Crippen LogP contribution in [-0.2, 0) is 16.4 Å². The summed E-state index contributed by atoms with van der Waals surface area (Å²) in [6.07, 6.45) is 1.07. The fourth-order valence-corrected chi connectivity index (χ4v) is 1.64. The van der Waals surface area contributed by atoms with Crippen molar-refractivity contribution in [3.63, 3.8) is 0 Å². The van der Waals surface area contributed by atoms with Crippen LogP contribution >= 0.6 is 0 Å². The summed E-state index contributed by atoms with van der Waals surface area (Å²) in [5.74, 6) is -1.27. The van der Waals surface area contributed by atoms with Gasteiger partial charge in [0.15, 0.2) is 0 Å². The van der Waals surface area contributed by atoms with Crippen molar-refractivity contribution in [2.45, 2.75) is 6.54 Å². The lowest BCUT2D eigenvalue weighted by Crippen LogP contribution is -2.37. The smallest absolute Gasteiger partial charge is 0.371 e. The number of carbonyl (C=O) groups excluding carboxylic acids is 1. The molecule has 0 fully saturated rings. The first-order valence-corrected chi connectivity index (χ1v) is 7.35. The van der Waals surface area contributed by atoms with E-state index in [2.05, 4.69) is 10.6 Å². The third kappa shape index (κ3) is 5.91. The summed E-state index contributed by atoms with van der Waals surface area (Å²) < 4.78 is 26.5. The van der Waals surface area contributed by atoms with Crippen molar-refractivity contribution < 1.29 is 27.5 Å². The molecule has 0 aromatic carbocycles. The number of rotatable bonds is 6. The molecule has 0 radical (unpaired) electrons. The molecule has 2 amide bonds. The summed E-state index contributed by atoms with van der Waals surface area (Å²) in [7, 11) is -3.12. The van der Waals surface area contributed by atoms with Crippen molar-refractivity contribution in [1.82, 2.24) is 10.6 Å². The second-order valence-corrected chi connectivity index (χ2v) is 6.07. The van der Waals surface area contributed by atoms with Gasteiger partial charge in [-0.05, 0) is 12.1 Å². The predicted octanol–water partition coefficient (Wildman–Crippen LogP) is -0.178. The number of aromatic carboxylic acids is 1. The maximum Gasteiger partial charge on any atom is 0.371 e. The van der Waals surface area contributed by atoms with E-state index in [9.17, 15) is 18.0 Å². The lowest BCUT2D eigenvalue weighted by Gasteiger charge is -2.05. The summed E-state index contributed by atoms with van der Waals surface area (Å²) in [5, 5.41) is 13.4. The second-order valence-electron chi connectivity index (χ2n) is 3.81. The van der Waals surface area contributed by atoms with Gasteiger partial charge >= 0.3 is 12.0 Å². The average Bonchev–Trinajstić information content (AvgIpc) is 2.73. The lowest BCUT2D eigenvalue weighted by molar-refractivity contribution is 0.0660. The Labute approximate surface area is 109 Å². The van der Waals surface area contributed by atoms with E-state index in [1.807, 2.05) is 0 Å². The van der Waals surface area contributed by atoms with Gasteiger partial charge in [0.1, 0.15) is 15.6 Å². The SMILES string of the molecule is CS(=O)(=O)CCNC(=O)NCc1ccc(C(=O)O)o1. The molecule has 1 rings (SSSR count). The number of carboxylic acids is 1. The van der Waals surface area contributed by atoms with Crippen LogP contribution in [0.5, 0.6) is 0 Å². The van der Waals surface area contributed by atoms with Crippen LogP contribution < -0.4 is 10.6 Å². The predicted molar refractivity (Wildman–Crippen MR) is 65.6 cm³/mol. The van der Waals surface area contributed by atoms with Crippen LogP contribution in [0.3, 0.4) is 0 Å². The molecule has 0 atom stereocenters. The van der Waals surface area contributed by atoms with E-state index in [0.29, 0.717) is 0 Å². The van der Waals surface area contributed by atoms with E-state index in [0.717, 1.165) is 6.26 Å². The quantitative estimate of drug-likeness (QED) is 0.667. The Morgan fingerprint density at radius 1 is 1.32 bits per heavy atom. The first-order chi connectivity index (χ1) is 8.78. The highest BCUT2D eigenvalue weighted by molar-refractivity contribution is 7.90. The van der Waals surface area contributed by atoms with Crippen LogP contribution in [0.4, 0.5) is 4.79 Å². The molecule has 106 valence electrons. The van der Waals surface area contributed by atoms with Gasteiger partial charge in [-0.3, -0.25) is 0 Å². The van der Waals surface area contributed by atoms with E-state index < -0.39 is 21.8 Å². The molecular weight excluding hydrogens is 276 g/mol. The van der Waals surface area contributed by atoms with Gasteiger partial charge in [-0.15, -0.1) is 0 Å². The normalized spacial score (nSPS) is 11.0. The molecule has 0 bridgehead atoms. The molecule has 1 aromatic heterocycles. The fourth-order valence-electron chi connectivity index (χ4n) is 1.17. The molecule has 3 N–H and O–H groups in total. The highest BCUT2D eigenvalue weighted by Crippen LogP contribution is 2.07. The van der Waals surface area contributed by atoms with Crippen molar-refractivity contribution in [1.29, 1.82) is 0 Å². The van der Waals surface area contributed by atoms with Gasteiger partial charge in [-0.2, -0.15) is 0 Å². The van der Waals surface area contributed by atoms with Gasteiger partial charge in [0, 0.05) is 12.8 Å². The maximum atomic E-state index is 11.3. The number of urea groups is 1. The van der Waals surface area contributed by atoms with Crippen molar-refractivity contribution in [2.75, 3.05) is 18.6 Å². The Bertz CT molecular complexity index is 562. The first-order valence-electron chi connectivity index (χ1n) is 5.29. The van der Waals surface area contributed by atoms with Crippen LogP contribution in [0.15, 0.2) is 16.5 Å². The number of sulfone groups is 1. The number of hydrogen-bond acceptors (Lipinski definition) is 5. The third-order valence-corrected chi connectivity index (χ3v) is 3.00. The summed E-state index contributed by atoms with van der Waals surface area (Å²) in [6, 6.07) is 2.15. The Hall–Kier alpha value is -2.03. The zero-order valence-corrected chi connectivity index (χ0v) is 11.0. The standard InChI is InChI=1S/C10H14N2O6S/c1-19(16,17)5-4-11-10(15)12-6-7-2-3-8(18-7)9(13)14/h2-3H,4-6H2,1H3,(H,13,14)(H2,11,12,15). The molecule has 0 unspecified atom stereocenters. The molecule has 0 aliphatic heterocycles. The Morgan fingerprint density at radius 2 is 2.00 bits per heavy atom. The molecule has 1 aromatic rings. The molecule has 0 saturated heterocycles. The summed E-state index contributed by atoms with van der Waals surface area (Å²) >= 11 is 0. The molecule has 0 saturated carbocycles. The summed E-state index contributed by atoms with van der Waals surface area (Å²) in [6.45, 7) is 0.0151. The summed E-state index contributed by atoms with van der Waals surface area (Å²) in [5.41, 5.74) is 0. The van der Waals surface area contributed by atoms with Gasteiger partial charge in [0.25, 0.3) is 0 Å². The zero-order valence-electron chi connectivity index (χ0n) is 10.2. The Balaban J connectivity index is 2.31. The van der Waals surface area contributed by atoms with Crippen molar-refractivity contribution >= 4 is 21.8 Å².